The molecule has 1 aromatic carbocycles. The number of hydrogen-bond acceptors (Lipinski definition) is 2. The molecule has 18 heavy (non-hydrogen) atoms. The van der Waals surface area contributed by atoms with E-state index >= 15 is 0 Å². The second-order valence-corrected chi connectivity index (χ2v) is 4.94. The van der Waals surface area contributed by atoms with E-state index in [2.05, 4.69) is 29.6 Å². The van der Waals surface area contributed by atoms with E-state index in [0.29, 0.717) is 0 Å². The summed E-state index contributed by atoms with van der Waals surface area (Å²) in [6, 6.07) is 9.70. The Labute approximate surface area is 107 Å². The summed E-state index contributed by atoms with van der Waals surface area (Å²) in [6.07, 6.45) is 4.25. The van der Waals surface area contributed by atoms with Gasteiger partial charge in [0, 0.05) is 11.1 Å². The molecule has 0 aromatic heterocycles. The van der Waals surface area contributed by atoms with E-state index in [1.54, 1.807) is 0 Å². The van der Waals surface area contributed by atoms with Gasteiger partial charge < -0.3 is 5.73 Å². The molecule has 1 aliphatic rings. The zero-order valence-corrected chi connectivity index (χ0v) is 10.6. The molecule has 1 fully saturated rings. The van der Waals surface area contributed by atoms with Crippen molar-refractivity contribution in [2.24, 2.45) is 10.8 Å². The number of nitrogens with one attached hydrogen (secondary N) is 1. The van der Waals surface area contributed by atoms with Crippen LogP contribution in [0.4, 0.5) is 4.79 Å². The molecule has 3 N–H and O–H groups in total. The van der Waals surface area contributed by atoms with Crippen LogP contribution in [-0.4, -0.2) is 11.7 Å². The van der Waals surface area contributed by atoms with Crippen molar-refractivity contribution in [1.82, 2.24) is 5.43 Å². The Hall–Kier alpha value is -1.84. The molecule has 96 valence electrons. The fourth-order valence-corrected chi connectivity index (χ4v) is 2.61. The van der Waals surface area contributed by atoms with E-state index in [0.717, 1.165) is 25.0 Å². The van der Waals surface area contributed by atoms with Crippen molar-refractivity contribution in [3.8, 4) is 0 Å². The van der Waals surface area contributed by atoms with Crippen molar-refractivity contribution >= 4 is 11.7 Å². The number of nitrogens with zero attached hydrogens (tertiary/aromatic N) is 1. The molecule has 1 unspecified atom stereocenters. The van der Waals surface area contributed by atoms with Crippen molar-refractivity contribution in [2.75, 3.05) is 0 Å². The average molecular weight is 245 g/mol. The molecule has 0 saturated heterocycles. The van der Waals surface area contributed by atoms with Gasteiger partial charge in [-0.15, -0.1) is 0 Å². The molecular formula is C14H19N3O. The summed E-state index contributed by atoms with van der Waals surface area (Å²) >= 11 is 0. The predicted octanol–water partition coefficient (Wildman–Crippen LogP) is 2.54. The van der Waals surface area contributed by atoms with Gasteiger partial charge in [-0.3, -0.25) is 0 Å². The molecular weight excluding hydrogens is 226 g/mol. The summed E-state index contributed by atoms with van der Waals surface area (Å²) < 4.78 is 0. The number of carbonyl (C=O) groups excluding carboxylic acids is 1. The maximum absolute atomic E-state index is 10.8. The molecule has 1 aromatic rings. The lowest BCUT2D eigenvalue weighted by Gasteiger charge is -2.35. The molecule has 0 radical (unpaired) electrons. The standard InChI is InChI=1S/C14H19N3O/c1-14(11-7-3-2-4-8-11)10-6-5-9-12(14)16-17-13(15)18/h2-4,7-8H,5-6,9-10H2,1H3,(H3,15,17,18)/b16-12-. The summed E-state index contributed by atoms with van der Waals surface area (Å²) in [4.78, 5) is 10.8. The highest BCUT2D eigenvalue weighted by atomic mass is 16.2. The average Bonchev–Trinajstić information content (AvgIpc) is 2.39. The number of primary amides is 1. The van der Waals surface area contributed by atoms with E-state index in [1.165, 1.54) is 12.0 Å². The quantitative estimate of drug-likeness (QED) is 0.772. The Morgan fingerprint density at radius 2 is 2.06 bits per heavy atom. The van der Waals surface area contributed by atoms with Crippen molar-refractivity contribution in [3.05, 3.63) is 35.9 Å². The first kappa shape index (κ1) is 12.6. The highest BCUT2D eigenvalue weighted by molar-refractivity contribution is 5.95. The van der Waals surface area contributed by atoms with Crippen molar-refractivity contribution in [1.29, 1.82) is 0 Å². The number of benzene rings is 1. The Morgan fingerprint density at radius 3 is 2.72 bits per heavy atom. The minimum absolute atomic E-state index is 0.0953. The second kappa shape index (κ2) is 5.21. The van der Waals surface area contributed by atoms with Gasteiger partial charge in [-0.05, 0) is 24.8 Å². The lowest BCUT2D eigenvalue weighted by molar-refractivity contribution is 0.249. The number of nitrogens with two attached hydrogens (primary N) is 1. The smallest absolute Gasteiger partial charge is 0.332 e. The molecule has 0 heterocycles. The van der Waals surface area contributed by atoms with Gasteiger partial charge in [0.05, 0.1) is 0 Å². The summed E-state index contributed by atoms with van der Waals surface area (Å²) in [5, 5.41) is 4.20. The first-order chi connectivity index (χ1) is 8.63. The van der Waals surface area contributed by atoms with Gasteiger partial charge >= 0.3 is 6.03 Å². The van der Waals surface area contributed by atoms with Gasteiger partial charge in [0.15, 0.2) is 0 Å². The number of amides is 2. The molecule has 4 heteroatoms. The third-order valence-corrected chi connectivity index (χ3v) is 3.69. The van der Waals surface area contributed by atoms with Gasteiger partial charge in [0.1, 0.15) is 0 Å². The summed E-state index contributed by atoms with van der Waals surface area (Å²) in [5.41, 5.74) is 9.61. The number of hydrogen-bond donors (Lipinski definition) is 2. The van der Waals surface area contributed by atoms with Crippen LogP contribution in [-0.2, 0) is 5.41 Å². The molecule has 0 bridgehead atoms. The van der Waals surface area contributed by atoms with Crippen LogP contribution in [0.1, 0.15) is 38.2 Å². The molecule has 2 amide bonds. The van der Waals surface area contributed by atoms with E-state index < -0.39 is 6.03 Å². The van der Waals surface area contributed by atoms with Gasteiger partial charge in [-0.2, -0.15) is 5.10 Å². The van der Waals surface area contributed by atoms with Crippen LogP contribution in [0.15, 0.2) is 35.4 Å². The van der Waals surface area contributed by atoms with Crippen LogP contribution in [0.5, 0.6) is 0 Å². The van der Waals surface area contributed by atoms with E-state index in [-0.39, 0.29) is 5.41 Å². The molecule has 1 aliphatic carbocycles. The van der Waals surface area contributed by atoms with Crippen LogP contribution in [0.25, 0.3) is 0 Å². The Bertz CT molecular complexity index is 455. The third-order valence-electron chi connectivity index (χ3n) is 3.69. The fourth-order valence-electron chi connectivity index (χ4n) is 2.61. The van der Waals surface area contributed by atoms with Crippen LogP contribution < -0.4 is 11.2 Å². The van der Waals surface area contributed by atoms with Gasteiger partial charge in [-0.1, -0.05) is 43.7 Å². The van der Waals surface area contributed by atoms with Gasteiger partial charge in [0.25, 0.3) is 0 Å². The van der Waals surface area contributed by atoms with Crippen molar-refractivity contribution < 1.29 is 4.79 Å². The van der Waals surface area contributed by atoms with Crippen molar-refractivity contribution in [2.45, 2.75) is 38.0 Å². The van der Waals surface area contributed by atoms with E-state index in [1.807, 2.05) is 18.2 Å². The summed E-state index contributed by atoms with van der Waals surface area (Å²) in [6.45, 7) is 2.18. The largest absolute Gasteiger partial charge is 0.350 e. The van der Waals surface area contributed by atoms with Crippen LogP contribution in [0, 0.1) is 0 Å². The van der Waals surface area contributed by atoms with E-state index in [9.17, 15) is 4.79 Å². The summed E-state index contributed by atoms with van der Waals surface area (Å²) in [7, 11) is 0. The molecule has 4 nitrogen and oxygen atoms in total. The monoisotopic (exact) mass is 245 g/mol. The van der Waals surface area contributed by atoms with E-state index in [4.69, 9.17) is 5.73 Å². The molecule has 0 spiro atoms. The fraction of sp³-hybridized carbons (Fsp3) is 0.429. The SMILES string of the molecule is CC1(c2ccccc2)CCCC/C1=N/NC(N)=O. The predicted molar refractivity (Wildman–Crippen MR) is 72.4 cm³/mol. The Kier molecular flexibility index (Phi) is 3.65. The zero-order valence-electron chi connectivity index (χ0n) is 10.6. The van der Waals surface area contributed by atoms with Gasteiger partial charge in [-0.25, -0.2) is 10.2 Å². The molecule has 0 aliphatic heterocycles. The number of urea groups is 1. The number of rotatable bonds is 2. The highest BCUT2D eigenvalue weighted by Crippen LogP contribution is 2.36. The van der Waals surface area contributed by atoms with Crippen LogP contribution >= 0.6 is 0 Å². The first-order valence-electron chi connectivity index (χ1n) is 6.31. The van der Waals surface area contributed by atoms with Crippen molar-refractivity contribution in [3.63, 3.8) is 0 Å². The zero-order chi connectivity index (χ0) is 13.0. The number of hydrazone groups is 1. The maximum atomic E-state index is 10.8. The topological polar surface area (TPSA) is 67.5 Å². The van der Waals surface area contributed by atoms with Crippen LogP contribution in [0.2, 0.25) is 0 Å². The normalized spacial score (nSPS) is 25.9. The number of carbonyl (C=O) groups is 1. The minimum atomic E-state index is -0.608. The lowest BCUT2D eigenvalue weighted by atomic mass is 9.69. The minimum Gasteiger partial charge on any atom is -0.350 e. The third kappa shape index (κ3) is 2.53. The first-order valence-corrected chi connectivity index (χ1v) is 6.31. The molecule has 1 atom stereocenters. The molecule has 2 rings (SSSR count). The Balaban J connectivity index is 2.32. The highest BCUT2D eigenvalue weighted by Gasteiger charge is 2.34. The molecule has 1 saturated carbocycles. The lowest BCUT2D eigenvalue weighted by Crippen LogP contribution is -2.38. The van der Waals surface area contributed by atoms with Gasteiger partial charge in [0.2, 0.25) is 0 Å². The Morgan fingerprint density at radius 1 is 1.33 bits per heavy atom. The summed E-state index contributed by atoms with van der Waals surface area (Å²) in [5.74, 6) is 0. The van der Waals surface area contributed by atoms with Crippen LogP contribution in [0.3, 0.4) is 0 Å². The second-order valence-electron chi connectivity index (χ2n) is 4.94. The maximum Gasteiger partial charge on any atom is 0.332 e.